The molecule has 29 heavy (non-hydrogen) atoms. The van der Waals surface area contributed by atoms with E-state index in [0.717, 1.165) is 20.4 Å². The van der Waals surface area contributed by atoms with E-state index in [1.807, 2.05) is 36.4 Å². The fourth-order valence-electron chi connectivity index (χ4n) is 3.10. The van der Waals surface area contributed by atoms with Gasteiger partial charge in [0.05, 0.1) is 7.11 Å². The van der Waals surface area contributed by atoms with Gasteiger partial charge in [-0.15, -0.1) is 0 Å². The Labute approximate surface area is 185 Å². The molecule has 2 aromatic carbocycles. The maximum atomic E-state index is 13.2. The number of ether oxygens (including phenoxy) is 1. The van der Waals surface area contributed by atoms with Crippen LogP contribution in [0, 0.1) is 3.57 Å². The smallest absolute Gasteiger partial charge is 0.405 e. The molecule has 0 bridgehead atoms. The van der Waals surface area contributed by atoms with Gasteiger partial charge in [-0.3, -0.25) is 4.79 Å². The highest BCUT2D eigenvalue weighted by Gasteiger charge is 2.27. The molecule has 2 aromatic rings. The van der Waals surface area contributed by atoms with Crippen molar-refractivity contribution in [3.05, 3.63) is 57.2 Å². The number of methoxy groups -OCH3 is 1. The minimum Gasteiger partial charge on any atom is -0.496 e. The van der Waals surface area contributed by atoms with Gasteiger partial charge in [-0.1, -0.05) is 32.9 Å². The topological polar surface area (TPSA) is 78.9 Å². The minimum absolute atomic E-state index is 0.176. The van der Waals surface area contributed by atoms with Crippen LogP contribution in [0.5, 0.6) is 5.75 Å². The average Bonchev–Trinajstić information content (AvgIpc) is 2.64. The summed E-state index contributed by atoms with van der Waals surface area (Å²) in [4.78, 5) is 25.9. The molecule has 0 fully saturated rings. The van der Waals surface area contributed by atoms with Crippen LogP contribution >= 0.6 is 22.6 Å². The summed E-state index contributed by atoms with van der Waals surface area (Å²) >= 11 is 2.19. The Bertz CT molecular complexity index is 893. The van der Waals surface area contributed by atoms with E-state index >= 15 is 0 Å². The van der Waals surface area contributed by atoms with Gasteiger partial charge in [0.15, 0.2) is 0 Å². The fraction of sp³-hybridized carbons (Fsp3) is 0.364. The quantitative estimate of drug-likeness (QED) is 0.564. The van der Waals surface area contributed by atoms with E-state index in [1.165, 1.54) is 4.90 Å². The fourth-order valence-corrected chi connectivity index (χ4v) is 3.71. The molecule has 7 heteroatoms. The molecule has 2 amide bonds. The molecule has 0 aliphatic carbocycles. The molecule has 0 aliphatic heterocycles. The third kappa shape index (κ3) is 6.09. The van der Waals surface area contributed by atoms with E-state index in [0.29, 0.717) is 5.69 Å². The molecule has 0 radical (unpaired) electrons. The zero-order chi connectivity index (χ0) is 21.8. The lowest BCUT2D eigenvalue weighted by Crippen LogP contribution is -2.48. The zero-order valence-corrected chi connectivity index (χ0v) is 19.5. The molecule has 2 N–H and O–H groups in total. The predicted molar refractivity (Wildman–Crippen MR) is 123 cm³/mol. The Morgan fingerprint density at radius 3 is 2.45 bits per heavy atom. The molecule has 2 rings (SSSR count). The summed E-state index contributed by atoms with van der Waals surface area (Å²) in [6.07, 6.45) is -0.957. The summed E-state index contributed by atoms with van der Waals surface area (Å²) in [7, 11) is 3.27. The van der Waals surface area contributed by atoms with Gasteiger partial charge in [-0.25, -0.2) is 4.79 Å². The van der Waals surface area contributed by atoms with Gasteiger partial charge in [-0.05, 0) is 63.9 Å². The first-order valence-electron chi connectivity index (χ1n) is 9.23. The molecule has 0 aromatic heterocycles. The highest BCUT2D eigenvalue weighted by Crippen LogP contribution is 2.34. The lowest BCUT2D eigenvalue weighted by molar-refractivity contribution is -0.120. The van der Waals surface area contributed by atoms with Crippen molar-refractivity contribution in [1.82, 2.24) is 5.32 Å². The first kappa shape index (κ1) is 23.0. The number of likely N-dealkylation sites (N-methyl/N-ethyl adjacent to an activating group) is 1. The second-order valence-corrected chi connectivity index (χ2v) is 9.11. The maximum Gasteiger partial charge on any atom is 0.405 e. The second kappa shape index (κ2) is 9.47. The number of anilines is 1. The Hall–Kier alpha value is -2.29. The van der Waals surface area contributed by atoms with Crippen LogP contribution in [0.1, 0.15) is 31.9 Å². The first-order chi connectivity index (χ1) is 13.5. The van der Waals surface area contributed by atoms with E-state index in [9.17, 15) is 14.7 Å². The van der Waals surface area contributed by atoms with E-state index < -0.39 is 12.1 Å². The highest BCUT2D eigenvalue weighted by atomic mass is 127. The molecular weight excluding hydrogens is 483 g/mol. The van der Waals surface area contributed by atoms with Crippen LogP contribution in [0.15, 0.2) is 42.5 Å². The Morgan fingerprint density at radius 1 is 1.21 bits per heavy atom. The number of hydrogen-bond donors (Lipinski definition) is 2. The summed E-state index contributed by atoms with van der Waals surface area (Å²) < 4.78 is 6.49. The van der Waals surface area contributed by atoms with Gasteiger partial charge in [0.2, 0.25) is 5.91 Å². The van der Waals surface area contributed by atoms with E-state index in [-0.39, 0.29) is 17.7 Å². The first-order valence-corrected chi connectivity index (χ1v) is 10.3. The Kier molecular flexibility index (Phi) is 7.51. The average molecular weight is 510 g/mol. The summed E-state index contributed by atoms with van der Waals surface area (Å²) in [5.74, 6) is 0.428. The molecule has 1 atom stereocenters. The van der Waals surface area contributed by atoms with Crippen LogP contribution in [0.4, 0.5) is 10.5 Å². The molecule has 0 saturated carbocycles. The zero-order valence-electron chi connectivity index (χ0n) is 17.3. The number of amides is 2. The van der Waals surface area contributed by atoms with Crippen molar-refractivity contribution in [2.45, 2.75) is 38.6 Å². The van der Waals surface area contributed by atoms with Crippen LogP contribution in [-0.2, 0) is 16.6 Å². The summed E-state index contributed by atoms with van der Waals surface area (Å²) in [5, 5.41) is 11.6. The third-order valence-corrected chi connectivity index (χ3v) is 5.30. The summed E-state index contributed by atoms with van der Waals surface area (Å²) in [6, 6.07) is 12.3. The van der Waals surface area contributed by atoms with Gasteiger partial charge >= 0.3 is 6.09 Å². The van der Waals surface area contributed by atoms with Crippen molar-refractivity contribution in [2.75, 3.05) is 19.1 Å². The van der Waals surface area contributed by atoms with Crippen LogP contribution in [0.25, 0.3) is 0 Å². The maximum absolute atomic E-state index is 13.2. The molecule has 156 valence electrons. The lowest BCUT2D eigenvalue weighted by atomic mass is 9.86. The molecule has 1 unspecified atom stereocenters. The number of nitrogens with zero attached hydrogens (tertiary/aromatic N) is 1. The second-order valence-electron chi connectivity index (χ2n) is 7.87. The van der Waals surface area contributed by atoms with E-state index in [4.69, 9.17) is 4.74 Å². The number of carbonyl (C=O) groups excluding carboxylic acids is 1. The minimum atomic E-state index is -1.23. The number of carboxylic acid groups (broad SMARTS) is 1. The van der Waals surface area contributed by atoms with Crippen LogP contribution in [-0.4, -0.2) is 37.3 Å². The van der Waals surface area contributed by atoms with Gasteiger partial charge < -0.3 is 20.1 Å². The van der Waals surface area contributed by atoms with Crippen LogP contribution in [0.3, 0.4) is 0 Å². The van der Waals surface area contributed by atoms with Crippen molar-refractivity contribution in [3.8, 4) is 5.75 Å². The molecule has 0 spiro atoms. The van der Waals surface area contributed by atoms with E-state index in [1.54, 1.807) is 20.2 Å². The predicted octanol–water partition coefficient (Wildman–Crippen LogP) is 4.44. The SMILES string of the molecule is COc1ccc(N(C)C(=O)C(Cc2cccc(I)c2)NC(=O)O)cc1C(C)(C)C. The monoisotopic (exact) mass is 510 g/mol. The standard InChI is InChI=1S/C22H27IN2O4/c1-22(2,3)17-13-16(9-10-19(17)29-5)25(4)20(26)18(24-21(27)28)12-14-7-6-8-15(23)11-14/h6-11,13,18,24H,12H2,1-5H3,(H,27,28). The molecule has 0 saturated heterocycles. The van der Waals surface area contributed by atoms with Crippen LogP contribution in [0.2, 0.25) is 0 Å². The Morgan fingerprint density at radius 2 is 1.90 bits per heavy atom. The number of hydrogen-bond acceptors (Lipinski definition) is 3. The largest absolute Gasteiger partial charge is 0.496 e. The van der Waals surface area contributed by atoms with Crippen molar-refractivity contribution in [1.29, 1.82) is 0 Å². The van der Waals surface area contributed by atoms with Crippen molar-refractivity contribution >= 4 is 40.3 Å². The van der Waals surface area contributed by atoms with Gasteiger partial charge in [0.1, 0.15) is 11.8 Å². The van der Waals surface area contributed by atoms with Gasteiger partial charge in [-0.2, -0.15) is 0 Å². The number of carbonyl (C=O) groups is 2. The number of nitrogens with one attached hydrogen (secondary N) is 1. The van der Waals surface area contributed by atoms with Crippen molar-refractivity contribution in [2.24, 2.45) is 0 Å². The number of rotatable bonds is 6. The number of benzene rings is 2. The molecule has 0 aliphatic rings. The van der Waals surface area contributed by atoms with Gasteiger partial charge in [0.25, 0.3) is 0 Å². The van der Waals surface area contributed by atoms with Crippen LogP contribution < -0.4 is 15.0 Å². The third-order valence-electron chi connectivity index (χ3n) is 4.63. The van der Waals surface area contributed by atoms with E-state index in [2.05, 4.69) is 48.7 Å². The molecular formula is C22H27IN2O4. The summed E-state index contributed by atoms with van der Waals surface area (Å²) in [6.45, 7) is 6.22. The van der Waals surface area contributed by atoms with Crippen molar-refractivity contribution < 1.29 is 19.4 Å². The molecule has 0 heterocycles. The summed E-state index contributed by atoms with van der Waals surface area (Å²) in [5.41, 5.74) is 2.37. The van der Waals surface area contributed by atoms with Crippen molar-refractivity contribution in [3.63, 3.8) is 0 Å². The van der Waals surface area contributed by atoms with Gasteiger partial charge in [0, 0.05) is 28.3 Å². The lowest BCUT2D eigenvalue weighted by Gasteiger charge is -2.27. The normalized spacial score (nSPS) is 12.2. The Balaban J connectivity index is 2.34. The number of halogens is 1. The highest BCUT2D eigenvalue weighted by molar-refractivity contribution is 14.1. The molecule has 6 nitrogen and oxygen atoms in total.